The van der Waals surface area contributed by atoms with Crippen molar-refractivity contribution in [1.82, 2.24) is 4.90 Å². The molecule has 50 heavy (non-hydrogen) atoms. The standard InChI is InChI=1S/C34H42N10O6/c1-4-30(44(19-23-11-7-5-8-12-23)34(47)48-20-24-13-9-6-10-14-24)25-15-16-27(38-41-35)26(17-25)31-28(39-42-36)18-29(40-43-37)32(49-21(2)45)33(31)50-22(3)46/h5-14,25-33H,4,15-20H2,1-3H3/t25-,26?,27?,28?,29?,30-,31-,32+,33+/m1/s1. The summed E-state index contributed by atoms with van der Waals surface area (Å²) >= 11 is 0. The lowest BCUT2D eigenvalue weighted by Gasteiger charge is -2.50. The summed E-state index contributed by atoms with van der Waals surface area (Å²) in [7, 11) is 0. The Kier molecular flexibility index (Phi) is 13.7. The second-order valence-corrected chi connectivity index (χ2v) is 12.6. The van der Waals surface area contributed by atoms with Crippen molar-refractivity contribution in [2.24, 2.45) is 33.1 Å². The van der Waals surface area contributed by atoms with Crippen LogP contribution in [0, 0.1) is 17.8 Å². The fourth-order valence-electron chi connectivity index (χ4n) is 7.67. The summed E-state index contributed by atoms with van der Waals surface area (Å²) in [6, 6.07) is 16.2. The smallest absolute Gasteiger partial charge is 0.410 e. The van der Waals surface area contributed by atoms with Gasteiger partial charge in [0, 0.05) is 59.2 Å². The third-order valence-electron chi connectivity index (χ3n) is 9.61. The van der Waals surface area contributed by atoms with Gasteiger partial charge in [0.25, 0.3) is 0 Å². The summed E-state index contributed by atoms with van der Waals surface area (Å²) in [5.41, 5.74) is 30.3. The Bertz CT molecular complexity index is 1610. The molecule has 0 N–H and O–H groups in total. The first kappa shape index (κ1) is 37.4. The van der Waals surface area contributed by atoms with Crippen LogP contribution in [0.25, 0.3) is 31.3 Å². The van der Waals surface area contributed by atoms with Crippen LogP contribution in [0.4, 0.5) is 4.79 Å². The molecule has 0 spiro atoms. The number of azide groups is 3. The van der Waals surface area contributed by atoms with E-state index in [4.69, 9.17) is 14.2 Å². The zero-order chi connectivity index (χ0) is 36.0. The molecule has 0 radical (unpaired) electrons. The quantitative estimate of drug-likeness (QED) is 0.0667. The summed E-state index contributed by atoms with van der Waals surface area (Å²) in [6.45, 7) is 4.77. The lowest BCUT2D eigenvalue weighted by atomic mass is 9.62. The first-order valence-corrected chi connectivity index (χ1v) is 16.7. The predicted molar refractivity (Wildman–Crippen MR) is 182 cm³/mol. The van der Waals surface area contributed by atoms with Gasteiger partial charge >= 0.3 is 18.0 Å². The molecule has 264 valence electrons. The lowest BCUT2D eigenvalue weighted by Crippen LogP contribution is -2.59. The lowest BCUT2D eigenvalue weighted by molar-refractivity contribution is -0.182. The average molecular weight is 687 g/mol. The van der Waals surface area contributed by atoms with Crippen molar-refractivity contribution < 1.29 is 28.6 Å². The van der Waals surface area contributed by atoms with Gasteiger partial charge in [-0.2, -0.15) is 0 Å². The van der Waals surface area contributed by atoms with Crippen molar-refractivity contribution in [1.29, 1.82) is 0 Å². The Morgan fingerprint density at radius 2 is 1.34 bits per heavy atom. The second-order valence-electron chi connectivity index (χ2n) is 12.6. The van der Waals surface area contributed by atoms with Gasteiger partial charge in [0.15, 0.2) is 0 Å². The first-order valence-electron chi connectivity index (χ1n) is 16.7. The van der Waals surface area contributed by atoms with Crippen LogP contribution in [0.3, 0.4) is 0 Å². The number of ether oxygens (including phenoxy) is 3. The van der Waals surface area contributed by atoms with Gasteiger partial charge in [0.2, 0.25) is 0 Å². The summed E-state index contributed by atoms with van der Waals surface area (Å²) in [4.78, 5) is 49.5. The zero-order valence-corrected chi connectivity index (χ0v) is 28.3. The first-order chi connectivity index (χ1) is 24.2. The number of hydrogen-bond acceptors (Lipinski definition) is 9. The van der Waals surface area contributed by atoms with E-state index in [9.17, 15) is 31.0 Å². The van der Waals surface area contributed by atoms with E-state index in [0.717, 1.165) is 11.1 Å². The maximum atomic E-state index is 13.9. The van der Waals surface area contributed by atoms with E-state index >= 15 is 0 Å². The molecule has 2 aromatic rings. The minimum atomic E-state index is -1.19. The highest BCUT2D eigenvalue weighted by molar-refractivity contribution is 5.68. The van der Waals surface area contributed by atoms with Gasteiger partial charge in [-0.1, -0.05) is 82.9 Å². The van der Waals surface area contributed by atoms with E-state index in [1.54, 1.807) is 4.90 Å². The zero-order valence-electron chi connectivity index (χ0n) is 28.3. The van der Waals surface area contributed by atoms with E-state index in [2.05, 4.69) is 30.1 Å². The molecule has 0 bridgehead atoms. The van der Waals surface area contributed by atoms with Gasteiger partial charge < -0.3 is 19.1 Å². The molecule has 4 unspecified atom stereocenters. The van der Waals surface area contributed by atoms with Crippen LogP contribution in [0.2, 0.25) is 0 Å². The van der Waals surface area contributed by atoms with E-state index < -0.39 is 60.2 Å². The van der Waals surface area contributed by atoms with Crippen molar-refractivity contribution in [3.8, 4) is 0 Å². The topological polar surface area (TPSA) is 228 Å². The predicted octanol–water partition coefficient (Wildman–Crippen LogP) is 7.94. The average Bonchev–Trinajstić information content (AvgIpc) is 3.10. The Morgan fingerprint density at radius 1 is 0.780 bits per heavy atom. The minimum absolute atomic E-state index is 0.00179. The van der Waals surface area contributed by atoms with E-state index in [1.165, 1.54) is 13.8 Å². The molecule has 0 aromatic heterocycles. The molecular weight excluding hydrogens is 644 g/mol. The Labute approximate surface area is 289 Å². The van der Waals surface area contributed by atoms with E-state index in [1.807, 2.05) is 67.6 Å². The molecule has 2 aromatic carbocycles. The second kappa shape index (κ2) is 18.4. The summed E-state index contributed by atoms with van der Waals surface area (Å²) in [5.74, 6) is -2.84. The highest BCUT2D eigenvalue weighted by atomic mass is 16.6. The molecule has 0 heterocycles. The van der Waals surface area contributed by atoms with Gasteiger partial charge in [-0.15, -0.1) is 0 Å². The van der Waals surface area contributed by atoms with Crippen LogP contribution in [0.5, 0.6) is 0 Å². The third-order valence-corrected chi connectivity index (χ3v) is 9.61. The molecule has 0 saturated heterocycles. The highest BCUT2D eigenvalue weighted by Crippen LogP contribution is 2.47. The van der Waals surface area contributed by atoms with Crippen LogP contribution in [-0.2, 0) is 37.0 Å². The number of benzene rings is 2. The molecule has 2 fully saturated rings. The molecule has 9 atom stereocenters. The van der Waals surface area contributed by atoms with Gasteiger partial charge in [-0.05, 0) is 71.7 Å². The summed E-state index contributed by atoms with van der Waals surface area (Å²) < 4.78 is 17.3. The number of carbonyl (C=O) groups is 3. The maximum Gasteiger partial charge on any atom is 0.410 e. The number of amides is 1. The highest BCUT2D eigenvalue weighted by Gasteiger charge is 2.54. The van der Waals surface area contributed by atoms with Crippen molar-refractivity contribution >= 4 is 18.0 Å². The molecular formula is C34H42N10O6. The fraction of sp³-hybridized carbons (Fsp3) is 0.559. The number of rotatable bonds is 13. The van der Waals surface area contributed by atoms with Gasteiger partial charge in [-0.25, -0.2) is 4.79 Å². The third kappa shape index (κ3) is 9.60. The van der Waals surface area contributed by atoms with E-state index in [0.29, 0.717) is 25.7 Å². The summed E-state index contributed by atoms with van der Waals surface area (Å²) in [6.07, 6.45) is -0.858. The van der Waals surface area contributed by atoms with Crippen LogP contribution in [-0.4, -0.2) is 59.3 Å². The Balaban J connectivity index is 1.74. The van der Waals surface area contributed by atoms with Crippen molar-refractivity contribution in [2.45, 2.75) is 102 Å². The van der Waals surface area contributed by atoms with Crippen LogP contribution >= 0.6 is 0 Å². The molecule has 16 nitrogen and oxygen atoms in total. The minimum Gasteiger partial charge on any atom is -0.458 e. The fourth-order valence-corrected chi connectivity index (χ4v) is 7.67. The number of nitrogens with zero attached hydrogens (tertiary/aromatic N) is 10. The van der Waals surface area contributed by atoms with Crippen molar-refractivity contribution in [3.63, 3.8) is 0 Å². The van der Waals surface area contributed by atoms with Crippen LogP contribution in [0.1, 0.15) is 64.0 Å². The Hall–Kier alpha value is -5.42. The van der Waals surface area contributed by atoms with Gasteiger partial charge in [0.1, 0.15) is 18.8 Å². The number of carbonyl (C=O) groups excluding carboxylic acids is 3. The number of esters is 2. The van der Waals surface area contributed by atoms with Gasteiger partial charge in [0.05, 0.1) is 6.04 Å². The monoisotopic (exact) mass is 686 g/mol. The van der Waals surface area contributed by atoms with Crippen LogP contribution < -0.4 is 0 Å². The molecule has 2 saturated carbocycles. The van der Waals surface area contributed by atoms with Crippen molar-refractivity contribution in [2.75, 3.05) is 0 Å². The molecule has 1 amide bonds. The van der Waals surface area contributed by atoms with Gasteiger partial charge in [-0.3, -0.25) is 9.59 Å². The summed E-state index contributed by atoms with van der Waals surface area (Å²) in [5, 5.41) is 12.0. The molecule has 4 rings (SSSR count). The molecule has 0 aliphatic heterocycles. The maximum absolute atomic E-state index is 13.9. The normalized spacial score (nSPS) is 26.4. The molecule has 2 aliphatic rings. The van der Waals surface area contributed by atoms with Crippen molar-refractivity contribution in [3.05, 3.63) is 103 Å². The van der Waals surface area contributed by atoms with Crippen LogP contribution in [0.15, 0.2) is 76.0 Å². The molecule has 16 heteroatoms. The largest absolute Gasteiger partial charge is 0.458 e. The Morgan fingerprint density at radius 3 is 1.92 bits per heavy atom. The molecule has 2 aliphatic carbocycles. The number of hydrogen-bond donors (Lipinski definition) is 0. The SMILES string of the molecule is CC[C@H]([C@@H]1CCC(N=[N+]=[N-])C([C@@H]2C(N=[N+]=[N-])CC(N=[N+]=[N-])[C@H](OC(C)=O)[C@H]2OC(C)=O)C1)N(Cc1ccccc1)C(=O)OCc1ccccc1. The van der Waals surface area contributed by atoms with E-state index in [-0.39, 0.29) is 31.5 Å².